The molecule has 4 heterocycles. The number of alkyl halides is 2. The van der Waals surface area contributed by atoms with Gasteiger partial charge in [0.1, 0.15) is 11.6 Å². The molecule has 0 spiro atoms. The lowest BCUT2D eigenvalue weighted by atomic mass is 9.90. The van der Waals surface area contributed by atoms with E-state index in [1.165, 1.54) is 22.6 Å². The number of amides is 2. The van der Waals surface area contributed by atoms with Crippen LogP contribution in [0.3, 0.4) is 0 Å². The maximum absolute atomic E-state index is 15.5. The van der Waals surface area contributed by atoms with Gasteiger partial charge in [-0.1, -0.05) is 18.2 Å². The van der Waals surface area contributed by atoms with Crippen LogP contribution in [0.5, 0.6) is 0 Å². The second-order valence-electron chi connectivity index (χ2n) is 12.0. The first-order chi connectivity index (χ1) is 21.2. The lowest BCUT2D eigenvalue weighted by Gasteiger charge is -2.34. The van der Waals surface area contributed by atoms with E-state index in [4.69, 9.17) is 16.0 Å². The Morgan fingerprint density at radius 2 is 1.80 bits per heavy atom. The first-order valence-corrected chi connectivity index (χ1v) is 14.8. The normalized spacial score (nSPS) is 21.9. The molecule has 2 aromatic carbocycles. The Hall–Kier alpha value is -4.76. The van der Waals surface area contributed by atoms with Gasteiger partial charge >= 0.3 is 6.03 Å². The minimum Gasteiger partial charge on any atom is -0.383 e. The van der Waals surface area contributed by atoms with Crippen LogP contribution in [-0.4, -0.2) is 73.6 Å². The van der Waals surface area contributed by atoms with Crippen molar-refractivity contribution in [2.45, 2.75) is 49.2 Å². The van der Waals surface area contributed by atoms with E-state index in [0.717, 1.165) is 28.8 Å². The Morgan fingerprint density at radius 3 is 2.48 bits per heavy atom. The maximum Gasteiger partial charge on any atom is 0.320 e. The van der Waals surface area contributed by atoms with E-state index in [0.29, 0.717) is 54.7 Å². The van der Waals surface area contributed by atoms with Crippen molar-refractivity contribution in [1.82, 2.24) is 29.7 Å². The number of nitrogens with zero attached hydrogens (tertiary/aromatic N) is 6. The van der Waals surface area contributed by atoms with Gasteiger partial charge in [-0.2, -0.15) is 5.26 Å². The predicted octanol–water partition coefficient (Wildman–Crippen LogP) is 4.34. The highest BCUT2D eigenvalue weighted by Gasteiger charge is 2.62. The fraction of sp³-hybridized carbons (Fsp3) is 0.375. The number of likely N-dealkylation sites (tertiary alicyclic amines) is 2. The average molecular weight is 599 g/mol. The zero-order valence-electron chi connectivity index (χ0n) is 24.0. The number of carbonyl (C=O) groups is 1. The summed E-state index contributed by atoms with van der Waals surface area (Å²) in [6.45, 7) is -0.733. The zero-order valence-corrected chi connectivity index (χ0v) is 24.0. The van der Waals surface area contributed by atoms with Gasteiger partial charge in [-0.05, 0) is 79.1 Å². The van der Waals surface area contributed by atoms with Gasteiger partial charge in [-0.25, -0.2) is 23.5 Å². The topological polar surface area (TPSA) is 136 Å². The van der Waals surface area contributed by atoms with Crippen LogP contribution in [0.4, 0.5) is 19.4 Å². The summed E-state index contributed by atoms with van der Waals surface area (Å²) in [6.07, 6.45) is 6.89. The van der Waals surface area contributed by atoms with Crippen LogP contribution in [0.2, 0.25) is 0 Å². The number of fused-ring (bicyclic) bond motifs is 1. The van der Waals surface area contributed by atoms with Crippen molar-refractivity contribution < 1.29 is 18.7 Å². The van der Waals surface area contributed by atoms with Crippen LogP contribution < -0.4 is 11.1 Å². The number of pyridine rings is 1. The van der Waals surface area contributed by atoms with E-state index >= 15 is 8.78 Å². The number of nitrogens with two attached hydrogens (primary N) is 1. The third-order valence-electron chi connectivity index (χ3n) is 9.13. The molecule has 3 fully saturated rings. The number of anilines is 1. The molecule has 1 atom stereocenters. The van der Waals surface area contributed by atoms with Gasteiger partial charge in [-0.3, -0.25) is 4.57 Å². The SMILES string of the molecule is N#CNC1CCN(C(=O)N2CC(F)(F)C(O)(c3ccc(-n4c(-c5cccnc5N)nc5ccc(C6CC6)cc54)cc3)C2)CC1. The molecule has 2 amide bonds. The van der Waals surface area contributed by atoms with Crippen molar-refractivity contribution in [3.63, 3.8) is 0 Å². The van der Waals surface area contributed by atoms with Crippen LogP contribution in [0.25, 0.3) is 28.1 Å². The van der Waals surface area contributed by atoms with Gasteiger partial charge in [0.15, 0.2) is 11.8 Å². The van der Waals surface area contributed by atoms with E-state index in [-0.39, 0.29) is 11.6 Å². The number of hydrogen-bond donors (Lipinski definition) is 3. The van der Waals surface area contributed by atoms with Gasteiger partial charge in [0.2, 0.25) is 0 Å². The summed E-state index contributed by atoms with van der Waals surface area (Å²) in [5.41, 5.74) is 7.84. The summed E-state index contributed by atoms with van der Waals surface area (Å²) in [5, 5.41) is 23.0. The van der Waals surface area contributed by atoms with Crippen molar-refractivity contribution in [3.05, 3.63) is 71.9 Å². The van der Waals surface area contributed by atoms with Crippen LogP contribution in [0.15, 0.2) is 60.8 Å². The average Bonchev–Trinajstić information content (AvgIpc) is 3.76. The summed E-state index contributed by atoms with van der Waals surface area (Å²) in [6, 6.07) is 15.6. The number of urea groups is 1. The largest absolute Gasteiger partial charge is 0.383 e. The third-order valence-corrected chi connectivity index (χ3v) is 9.13. The summed E-state index contributed by atoms with van der Waals surface area (Å²) in [4.78, 5) is 24.8. The Balaban J connectivity index is 1.20. The molecule has 12 heteroatoms. The van der Waals surface area contributed by atoms with E-state index in [1.807, 2.05) is 22.9 Å². The summed E-state index contributed by atoms with van der Waals surface area (Å²) in [7, 11) is 0. The third kappa shape index (κ3) is 4.68. The second kappa shape index (κ2) is 10.4. The van der Waals surface area contributed by atoms with Crippen molar-refractivity contribution >= 4 is 22.9 Å². The molecule has 1 aliphatic carbocycles. The monoisotopic (exact) mass is 598 g/mol. The molecule has 2 aromatic heterocycles. The van der Waals surface area contributed by atoms with E-state index in [9.17, 15) is 9.90 Å². The number of aromatic nitrogens is 3. The number of rotatable bonds is 5. The molecule has 10 nitrogen and oxygen atoms in total. The number of carbonyl (C=O) groups excluding carboxylic acids is 1. The van der Waals surface area contributed by atoms with E-state index in [1.54, 1.807) is 24.4 Å². The number of piperidine rings is 1. The Bertz CT molecular complexity index is 1770. The quantitative estimate of drug-likeness (QED) is 0.230. The standard InChI is InChI=1S/C32H32F2N8O2/c33-32(34)18-41(30(43)40-14-11-23(12-15-40)38-19-35)17-31(32,44)22-6-8-24(9-7-22)42-27-16-21(20-3-4-20)5-10-26(27)39-29(42)25-2-1-13-37-28(25)36/h1-2,5-10,13,16,20,23,38,44H,3-4,11-12,14-15,17-18H2,(H2,36,37). The predicted molar refractivity (Wildman–Crippen MR) is 160 cm³/mol. The van der Waals surface area contributed by atoms with E-state index < -0.39 is 30.6 Å². The van der Waals surface area contributed by atoms with Gasteiger partial charge in [0, 0.05) is 31.0 Å². The number of halogens is 2. The van der Waals surface area contributed by atoms with Gasteiger partial charge in [-0.15, -0.1) is 0 Å². The van der Waals surface area contributed by atoms with Crippen molar-refractivity contribution in [2.75, 3.05) is 31.9 Å². The molecule has 2 saturated heterocycles. The number of benzene rings is 2. The summed E-state index contributed by atoms with van der Waals surface area (Å²) in [5.74, 6) is -2.16. The Labute approximate surface area is 252 Å². The van der Waals surface area contributed by atoms with Crippen molar-refractivity contribution in [1.29, 1.82) is 5.26 Å². The number of β-amino-alcohol motifs (C(OH)–C–C–N with tert-alkyl or cyclic N) is 1. The first-order valence-electron chi connectivity index (χ1n) is 14.8. The smallest absolute Gasteiger partial charge is 0.320 e. The van der Waals surface area contributed by atoms with Crippen LogP contribution in [-0.2, 0) is 5.60 Å². The number of nitrogens with one attached hydrogen (secondary N) is 1. The number of imidazole rings is 1. The second-order valence-corrected chi connectivity index (χ2v) is 12.0. The Kier molecular flexibility index (Phi) is 6.66. The molecular weight excluding hydrogens is 566 g/mol. The summed E-state index contributed by atoms with van der Waals surface area (Å²) >= 11 is 0. The molecule has 226 valence electrons. The zero-order chi connectivity index (χ0) is 30.6. The molecule has 4 N–H and O–H groups in total. The minimum absolute atomic E-state index is 0.0176. The molecule has 0 bridgehead atoms. The maximum atomic E-state index is 15.5. The van der Waals surface area contributed by atoms with Crippen LogP contribution >= 0.6 is 0 Å². The van der Waals surface area contributed by atoms with Crippen LogP contribution in [0.1, 0.15) is 42.7 Å². The lowest BCUT2D eigenvalue weighted by molar-refractivity contribution is -0.151. The fourth-order valence-electron chi connectivity index (χ4n) is 6.46. The lowest BCUT2D eigenvalue weighted by Crippen LogP contribution is -2.49. The highest BCUT2D eigenvalue weighted by Crippen LogP contribution is 2.45. The molecule has 3 aliphatic rings. The van der Waals surface area contributed by atoms with Crippen LogP contribution in [0, 0.1) is 11.5 Å². The van der Waals surface area contributed by atoms with E-state index in [2.05, 4.69) is 22.4 Å². The number of hydrogen-bond acceptors (Lipinski definition) is 7. The minimum atomic E-state index is -3.57. The molecule has 4 aromatic rings. The molecule has 1 saturated carbocycles. The van der Waals surface area contributed by atoms with Crippen molar-refractivity contribution in [3.8, 4) is 23.3 Å². The molecule has 44 heavy (non-hydrogen) atoms. The summed E-state index contributed by atoms with van der Waals surface area (Å²) < 4.78 is 33.0. The molecule has 2 aliphatic heterocycles. The molecular formula is C32H32F2N8O2. The number of nitriles is 1. The molecule has 1 unspecified atom stereocenters. The fourth-order valence-corrected chi connectivity index (χ4v) is 6.46. The number of nitrogen functional groups attached to an aromatic ring is 1. The highest BCUT2D eigenvalue weighted by atomic mass is 19.3. The van der Waals surface area contributed by atoms with Gasteiger partial charge < -0.3 is 26.0 Å². The highest BCUT2D eigenvalue weighted by molar-refractivity contribution is 5.86. The molecule has 7 rings (SSSR count). The molecule has 0 radical (unpaired) electrons. The first kappa shape index (κ1) is 28.0. The number of aliphatic hydroxyl groups is 1. The van der Waals surface area contributed by atoms with Gasteiger partial charge in [0.05, 0.1) is 29.7 Å². The Morgan fingerprint density at radius 1 is 1.05 bits per heavy atom. The van der Waals surface area contributed by atoms with Crippen molar-refractivity contribution in [2.24, 2.45) is 0 Å². The van der Waals surface area contributed by atoms with Gasteiger partial charge in [0.25, 0.3) is 5.92 Å².